The lowest BCUT2D eigenvalue weighted by molar-refractivity contribution is 0.219. The summed E-state index contributed by atoms with van der Waals surface area (Å²) in [5.74, 6) is 0. The molecule has 0 fully saturated rings. The highest BCUT2D eigenvalue weighted by molar-refractivity contribution is 7.07. The van der Waals surface area contributed by atoms with Crippen LogP contribution in [0.2, 0.25) is 0 Å². The molecule has 0 aliphatic carbocycles. The Hall–Kier alpha value is -1.12. The third kappa shape index (κ3) is 1.96. The largest absolute Gasteiger partial charge is 0.384 e. The monoisotopic (exact) mass is 218 g/mol. The van der Waals surface area contributed by atoms with Crippen LogP contribution in [0, 0.1) is 13.8 Å². The molecule has 1 nitrogen and oxygen atoms in total. The average molecular weight is 218 g/mol. The zero-order valence-corrected chi connectivity index (χ0v) is 9.71. The van der Waals surface area contributed by atoms with Crippen LogP contribution in [0.4, 0.5) is 0 Å². The van der Waals surface area contributed by atoms with Gasteiger partial charge in [0.1, 0.15) is 6.10 Å². The van der Waals surface area contributed by atoms with Crippen LogP contribution in [0.1, 0.15) is 28.4 Å². The summed E-state index contributed by atoms with van der Waals surface area (Å²) in [5, 5.41) is 14.2. The van der Waals surface area contributed by atoms with E-state index in [1.165, 1.54) is 0 Å². The third-order valence-corrected chi connectivity index (χ3v) is 3.38. The Morgan fingerprint density at radius 2 is 1.80 bits per heavy atom. The first-order valence-electron chi connectivity index (χ1n) is 4.96. The van der Waals surface area contributed by atoms with Crippen LogP contribution in [-0.4, -0.2) is 5.11 Å². The number of aliphatic hydroxyl groups excluding tert-OH is 1. The first-order chi connectivity index (χ1) is 7.20. The molecule has 0 saturated heterocycles. The lowest BCUT2D eigenvalue weighted by Gasteiger charge is -2.15. The Balaban J connectivity index is 2.46. The standard InChI is InChI=1S/C13H14OS/c1-9-4-3-5-10(2)12(9)13(14)11-6-7-15-8-11/h3-8,13-14H,1-2H3. The Morgan fingerprint density at radius 1 is 1.13 bits per heavy atom. The van der Waals surface area contributed by atoms with E-state index in [0.29, 0.717) is 0 Å². The smallest absolute Gasteiger partial charge is 0.105 e. The Morgan fingerprint density at radius 3 is 2.33 bits per heavy atom. The lowest BCUT2D eigenvalue weighted by Crippen LogP contribution is -2.03. The van der Waals surface area contributed by atoms with Gasteiger partial charge in [0.25, 0.3) is 0 Å². The second kappa shape index (κ2) is 4.17. The van der Waals surface area contributed by atoms with Gasteiger partial charge in [-0.1, -0.05) is 18.2 Å². The fourth-order valence-electron chi connectivity index (χ4n) is 1.86. The highest BCUT2D eigenvalue weighted by Gasteiger charge is 2.14. The summed E-state index contributed by atoms with van der Waals surface area (Å²) in [6.07, 6.45) is -0.488. The maximum Gasteiger partial charge on any atom is 0.105 e. The van der Waals surface area contributed by atoms with Crippen molar-refractivity contribution in [3.05, 3.63) is 57.3 Å². The zero-order valence-electron chi connectivity index (χ0n) is 8.90. The quantitative estimate of drug-likeness (QED) is 0.818. The fourth-order valence-corrected chi connectivity index (χ4v) is 2.53. The predicted octanol–water partition coefficient (Wildman–Crippen LogP) is 3.45. The van der Waals surface area contributed by atoms with E-state index in [0.717, 1.165) is 22.3 Å². The molecule has 1 aromatic carbocycles. The first kappa shape index (κ1) is 10.4. The predicted molar refractivity (Wildman–Crippen MR) is 64.3 cm³/mol. The minimum atomic E-state index is -0.488. The van der Waals surface area contributed by atoms with E-state index in [1.54, 1.807) is 11.3 Å². The fraction of sp³-hybridized carbons (Fsp3) is 0.231. The van der Waals surface area contributed by atoms with E-state index in [-0.39, 0.29) is 0 Å². The first-order valence-corrected chi connectivity index (χ1v) is 5.90. The summed E-state index contributed by atoms with van der Waals surface area (Å²) in [6.45, 7) is 4.08. The molecule has 0 saturated carbocycles. The number of benzene rings is 1. The van der Waals surface area contributed by atoms with Crippen molar-refractivity contribution in [2.24, 2.45) is 0 Å². The van der Waals surface area contributed by atoms with Crippen LogP contribution in [0.5, 0.6) is 0 Å². The van der Waals surface area contributed by atoms with Gasteiger partial charge >= 0.3 is 0 Å². The molecule has 1 atom stereocenters. The van der Waals surface area contributed by atoms with Gasteiger partial charge < -0.3 is 5.11 Å². The van der Waals surface area contributed by atoms with E-state index < -0.39 is 6.10 Å². The number of rotatable bonds is 2. The summed E-state index contributed by atoms with van der Waals surface area (Å²) in [7, 11) is 0. The molecule has 0 radical (unpaired) electrons. The van der Waals surface area contributed by atoms with Crippen molar-refractivity contribution in [3.8, 4) is 0 Å². The van der Waals surface area contributed by atoms with Gasteiger partial charge in [0.05, 0.1) is 0 Å². The number of thiophene rings is 1. The highest BCUT2D eigenvalue weighted by atomic mass is 32.1. The molecule has 1 N–H and O–H groups in total. The number of aliphatic hydroxyl groups is 1. The molecule has 1 aromatic heterocycles. The molecule has 0 aliphatic rings. The SMILES string of the molecule is Cc1cccc(C)c1C(O)c1ccsc1. The van der Waals surface area contributed by atoms with Gasteiger partial charge in [-0.05, 0) is 52.9 Å². The van der Waals surface area contributed by atoms with Crippen molar-refractivity contribution in [1.29, 1.82) is 0 Å². The van der Waals surface area contributed by atoms with Crippen LogP contribution in [0.3, 0.4) is 0 Å². The van der Waals surface area contributed by atoms with Crippen LogP contribution < -0.4 is 0 Å². The number of aryl methyl sites for hydroxylation is 2. The van der Waals surface area contributed by atoms with Gasteiger partial charge in [0, 0.05) is 0 Å². The average Bonchev–Trinajstić information content (AvgIpc) is 2.69. The molecular formula is C13H14OS. The Bertz CT molecular complexity index is 425. The van der Waals surface area contributed by atoms with Crippen molar-refractivity contribution < 1.29 is 5.11 Å². The number of hydrogen-bond acceptors (Lipinski definition) is 2. The molecular weight excluding hydrogens is 204 g/mol. The Kier molecular flexibility index (Phi) is 2.89. The van der Waals surface area contributed by atoms with Gasteiger partial charge in [-0.15, -0.1) is 0 Å². The summed E-state index contributed by atoms with van der Waals surface area (Å²) >= 11 is 1.61. The second-order valence-corrected chi connectivity index (χ2v) is 4.54. The highest BCUT2D eigenvalue weighted by Crippen LogP contribution is 2.28. The molecule has 2 rings (SSSR count). The van der Waals surface area contributed by atoms with Gasteiger partial charge in [-0.2, -0.15) is 11.3 Å². The van der Waals surface area contributed by atoms with E-state index in [1.807, 2.05) is 48.9 Å². The van der Waals surface area contributed by atoms with Crippen LogP contribution in [0.25, 0.3) is 0 Å². The molecule has 0 spiro atoms. The normalized spacial score (nSPS) is 12.7. The molecule has 0 bridgehead atoms. The van der Waals surface area contributed by atoms with Gasteiger partial charge in [-0.3, -0.25) is 0 Å². The van der Waals surface area contributed by atoms with E-state index in [4.69, 9.17) is 0 Å². The summed E-state index contributed by atoms with van der Waals surface area (Å²) in [6, 6.07) is 8.07. The minimum absolute atomic E-state index is 0.488. The van der Waals surface area contributed by atoms with Crippen LogP contribution >= 0.6 is 11.3 Å². The number of hydrogen-bond donors (Lipinski definition) is 1. The van der Waals surface area contributed by atoms with Crippen LogP contribution in [-0.2, 0) is 0 Å². The lowest BCUT2D eigenvalue weighted by atomic mass is 9.95. The summed E-state index contributed by atoms with van der Waals surface area (Å²) in [4.78, 5) is 0. The van der Waals surface area contributed by atoms with Crippen LogP contribution in [0.15, 0.2) is 35.0 Å². The van der Waals surface area contributed by atoms with Gasteiger partial charge in [-0.25, -0.2) is 0 Å². The van der Waals surface area contributed by atoms with E-state index in [2.05, 4.69) is 0 Å². The zero-order chi connectivity index (χ0) is 10.8. The molecule has 78 valence electrons. The van der Waals surface area contributed by atoms with E-state index >= 15 is 0 Å². The Labute approximate surface area is 94.0 Å². The molecule has 2 aromatic rings. The maximum absolute atomic E-state index is 10.2. The molecule has 0 amide bonds. The molecule has 0 aliphatic heterocycles. The summed E-state index contributed by atoms with van der Waals surface area (Å²) < 4.78 is 0. The molecule has 15 heavy (non-hydrogen) atoms. The van der Waals surface area contributed by atoms with Crippen molar-refractivity contribution in [3.63, 3.8) is 0 Å². The van der Waals surface area contributed by atoms with Gasteiger partial charge in [0.2, 0.25) is 0 Å². The minimum Gasteiger partial charge on any atom is -0.384 e. The molecule has 2 heteroatoms. The van der Waals surface area contributed by atoms with Gasteiger partial charge in [0.15, 0.2) is 0 Å². The molecule has 1 heterocycles. The van der Waals surface area contributed by atoms with Crippen molar-refractivity contribution in [1.82, 2.24) is 0 Å². The van der Waals surface area contributed by atoms with Crippen molar-refractivity contribution >= 4 is 11.3 Å². The third-order valence-electron chi connectivity index (χ3n) is 2.67. The topological polar surface area (TPSA) is 20.2 Å². The second-order valence-electron chi connectivity index (χ2n) is 3.76. The summed E-state index contributed by atoms with van der Waals surface area (Å²) in [5.41, 5.74) is 4.32. The maximum atomic E-state index is 10.2. The molecule has 1 unspecified atom stereocenters. The van der Waals surface area contributed by atoms with E-state index in [9.17, 15) is 5.11 Å². The van der Waals surface area contributed by atoms with Crippen molar-refractivity contribution in [2.75, 3.05) is 0 Å². The van der Waals surface area contributed by atoms with Crippen molar-refractivity contribution in [2.45, 2.75) is 20.0 Å².